The summed E-state index contributed by atoms with van der Waals surface area (Å²) in [6, 6.07) is 18.9. The third-order valence-corrected chi connectivity index (χ3v) is 4.80. The number of nitrogens with zero attached hydrogens (tertiary/aromatic N) is 1. The summed E-state index contributed by atoms with van der Waals surface area (Å²) >= 11 is 0. The van der Waals surface area contributed by atoms with Crippen molar-refractivity contribution >= 4 is 5.57 Å². The van der Waals surface area contributed by atoms with Gasteiger partial charge in [0.1, 0.15) is 5.75 Å². The fourth-order valence-electron chi connectivity index (χ4n) is 3.65. The summed E-state index contributed by atoms with van der Waals surface area (Å²) < 4.78 is 5.77. The molecule has 0 saturated carbocycles. The Balaban J connectivity index is 1.62. The van der Waals surface area contributed by atoms with E-state index < -0.39 is 0 Å². The number of para-hydroxylation sites is 1. The first kappa shape index (κ1) is 14.5. The molecule has 2 aliphatic rings. The quantitative estimate of drug-likeness (QED) is 0.943. The van der Waals surface area contributed by atoms with Crippen LogP contribution in [0.25, 0.3) is 5.57 Å². The van der Waals surface area contributed by atoms with Crippen LogP contribution < -0.4 is 0 Å². The first-order valence-electron chi connectivity index (χ1n) is 8.18. The van der Waals surface area contributed by atoms with Gasteiger partial charge in [-0.2, -0.15) is 0 Å². The fraction of sp³-hybridized carbons (Fsp3) is 0.300. The van der Waals surface area contributed by atoms with Crippen LogP contribution in [0, 0.1) is 0 Å². The smallest absolute Gasteiger partial charge is 0.123 e. The van der Waals surface area contributed by atoms with Gasteiger partial charge in [0.2, 0.25) is 0 Å². The Morgan fingerprint density at radius 3 is 2.57 bits per heavy atom. The molecule has 2 aromatic rings. The summed E-state index contributed by atoms with van der Waals surface area (Å²) in [5.74, 6) is 0.370. The Bertz CT molecular complexity index is 711. The maximum atomic E-state index is 10.1. The average molecular weight is 307 g/mol. The zero-order valence-corrected chi connectivity index (χ0v) is 13.1. The summed E-state index contributed by atoms with van der Waals surface area (Å²) in [5, 5.41) is 10.1. The van der Waals surface area contributed by atoms with Gasteiger partial charge in [0.25, 0.3) is 0 Å². The number of ether oxygens (including phenoxy) is 1. The van der Waals surface area contributed by atoms with Gasteiger partial charge < -0.3 is 9.84 Å². The number of aromatic hydroxyl groups is 1. The van der Waals surface area contributed by atoms with Gasteiger partial charge in [-0.05, 0) is 23.6 Å². The lowest BCUT2D eigenvalue weighted by molar-refractivity contribution is -0.0403. The van der Waals surface area contributed by atoms with Crippen LogP contribution in [0.5, 0.6) is 5.75 Å². The van der Waals surface area contributed by atoms with Gasteiger partial charge in [-0.15, -0.1) is 0 Å². The molecule has 118 valence electrons. The molecule has 1 fully saturated rings. The second-order valence-electron chi connectivity index (χ2n) is 6.33. The van der Waals surface area contributed by atoms with Gasteiger partial charge in [0.05, 0.1) is 19.3 Å². The lowest BCUT2D eigenvalue weighted by Crippen LogP contribution is -2.53. The van der Waals surface area contributed by atoms with Crippen LogP contribution in [-0.2, 0) is 11.3 Å². The minimum absolute atomic E-state index is 0.275. The molecule has 1 N–H and O–H groups in total. The molecule has 3 heteroatoms. The number of rotatable bonds is 3. The van der Waals surface area contributed by atoms with Crippen molar-refractivity contribution in [1.29, 1.82) is 0 Å². The van der Waals surface area contributed by atoms with Gasteiger partial charge in [-0.1, -0.05) is 54.6 Å². The third-order valence-electron chi connectivity index (χ3n) is 4.80. The molecule has 3 nitrogen and oxygen atoms in total. The Hall–Kier alpha value is -2.10. The molecule has 2 heterocycles. The van der Waals surface area contributed by atoms with Crippen LogP contribution in [0.15, 0.2) is 60.7 Å². The van der Waals surface area contributed by atoms with Crippen molar-refractivity contribution in [1.82, 2.24) is 4.90 Å². The highest BCUT2D eigenvalue weighted by molar-refractivity contribution is 5.72. The van der Waals surface area contributed by atoms with E-state index in [0.29, 0.717) is 11.8 Å². The molecule has 2 bridgehead atoms. The van der Waals surface area contributed by atoms with E-state index in [1.807, 2.05) is 18.2 Å². The maximum Gasteiger partial charge on any atom is 0.123 e. The summed E-state index contributed by atoms with van der Waals surface area (Å²) in [7, 11) is 0. The molecular weight excluding hydrogens is 286 g/mol. The lowest BCUT2D eigenvalue weighted by Gasteiger charge is -2.44. The van der Waals surface area contributed by atoms with Crippen LogP contribution in [0.1, 0.15) is 17.5 Å². The number of hydrogen-bond donors (Lipinski definition) is 1. The predicted molar refractivity (Wildman–Crippen MR) is 91.1 cm³/mol. The first-order chi connectivity index (χ1) is 11.3. The van der Waals surface area contributed by atoms with Gasteiger partial charge in [-0.25, -0.2) is 0 Å². The number of benzene rings is 2. The van der Waals surface area contributed by atoms with Crippen LogP contribution in [0.2, 0.25) is 0 Å². The van der Waals surface area contributed by atoms with Crippen molar-refractivity contribution in [2.45, 2.75) is 25.0 Å². The summed E-state index contributed by atoms with van der Waals surface area (Å²) in [4.78, 5) is 2.53. The van der Waals surface area contributed by atoms with Crippen LogP contribution in [-0.4, -0.2) is 35.3 Å². The van der Waals surface area contributed by atoms with Crippen molar-refractivity contribution in [3.05, 3.63) is 71.8 Å². The van der Waals surface area contributed by atoms with E-state index in [9.17, 15) is 5.11 Å². The molecule has 23 heavy (non-hydrogen) atoms. The molecule has 2 aromatic carbocycles. The largest absolute Gasteiger partial charge is 0.507 e. The number of phenolic OH excluding ortho intramolecular Hbond substituents is 1. The predicted octanol–water partition coefficient (Wildman–Crippen LogP) is 3.45. The molecule has 0 radical (unpaired) electrons. The van der Waals surface area contributed by atoms with E-state index in [1.54, 1.807) is 6.07 Å². The fourth-order valence-corrected chi connectivity index (χ4v) is 3.65. The second kappa shape index (κ2) is 6.19. The summed E-state index contributed by atoms with van der Waals surface area (Å²) in [6.45, 7) is 2.43. The first-order valence-corrected chi connectivity index (χ1v) is 8.18. The molecular formula is C20H21NO2. The number of fused-ring (bicyclic) bond motifs is 2. The summed E-state index contributed by atoms with van der Waals surface area (Å²) in [6.07, 6.45) is 3.19. The topological polar surface area (TPSA) is 32.7 Å². The molecule has 2 unspecified atom stereocenters. The van der Waals surface area contributed by atoms with Crippen LogP contribution >= 0.6 is 0 Å². The van der Waals surface area contributed by atoms with Crippen molar-refractivity contribution < 1.29 is 9.84 Å². The molecule has 0 amide bonds. The summed E-state index contributed by atoms with van der Waals surface area (Å²) in [5.41, 5.74) is 3.54. The standard InChI is InChI=1S/C20H21NO2/c22-20-9-5-4-8-19(20)16-10-17-13-23-14-18(11-16)21(17)12-15-6-2-1-3-7-15/h1-10,17-18,22H,11-14H2. The van der Waals surface area contributed by atoms with E-state index in [4.69, 9.17) is 4.74 Å². The highest BCUT2D eigenvalue weighted by atomic mass is 16.5. The Morgan fingerprint density at radius 1 is 1.00 bits per heavy atom. The maximum absolute atomic E-state index is 10.1. The molecule has 0 spiro atoms. The normalized spacial score (nSPS) is 24.3. The van der Waals surface area contributed by atoms with Gasteiger partial charge >= 0.3 is 0 Å². The Labute approximate surface area is 136 Å². The minimum Gasteiger partial charge on any atom is -0.507 e. The molecule has 1 saturated heterocycles. The van der Waals surface area contributed by atoms with Crippen molar-refractivity contribution in [3.8, 4) is 5.75 Å². The van der Waals surface area contributed by atoms with Gasteiger partial charge in [0, 0.05) is 18.2 Å². The SMILES string of the molecule is Oc1ccccc1C1=CC2COCC(C1)N2Cc1ccccc1. The highest BCUT2D eigenvalue weighted by Gasteiger charge is 2.35. The molecule has 2 aliphatic heterocycles. The average Bonchev–Trinajstić information content (AvgIpc) is 2.56. The Morgan fingerprint density at radius 2 is 1.78 bits per heavy atom. The monoisotopic (exact) mass is 307 g/mol. The van der Waals surface area contributed by atoms with E-state index in [1.165, 1.54) is 11.1 Å². The molecule has 0 aromatic heterocycles. The van der Waals surface area contributed by atoms with E-state index in [2.05, 4.69) is 41.3 Å². The van der Waals surface area contributed by atoms with Crippen molar-refractivity contribution in [2.24, 2.45) is 0 Å². The number of phenols is 1. The number of hydrogen-bond acceptors (Lipinski definition) is 3. The van der Waals surface area contributed by atoms with Crippen molar-refractivity contribution in [2.75, 3.05) is 13.2 Å². The Kier molecular flexibility index (Phi) is 3.90. The molecule has 0 aliphatic carbocycles. The zero-order chi connectivity index (χ0) is 15.6. The van der Waals surface area contributed by atoms with E-state index >= 15 is 0 Å². The van der Waals surface area contributed by atoms with Crippen LogP contribution in [0.4, 0.5) is 0 Å². The van der Waals surface area contributed by atoms with E-state index in [0.717, 1.165) is 31.7 Å². The minimum atomic E-state index is 0.275. The van der Waals surface area contributed by atoms with Gasteiger partial charge in [-0.3, -0.25) is 4.90 Å². The van der Waals surface area contributed by atoms with Crippen LogP contribution in [0.3, 0.4) is 0 Å². The number of morpholine rings is 1. The third kappa shape index (κ3) is 2.90. The van der Waals surface area contributed by atoms with Gasteiger partial charge in [0.15, 0.2) is 0 Å². The zero-order valence-electron chi connectivity index (χ0n) is 13.1. The van der Waals surface area contributed by atoms with E-state index in [-0.39, 0.29) is 6.04 Å². The molecule has 4 rings (SSSR count). The lowest BCUT2D eigenvalue weighted by atomic mass is 9.89. The van der Waals surface area contributed by atoms with Crippen molar-refractivity contribution in [3.63, 3.8) is 0 Å². The molecule has 2 atom stereocenters. The second-order valence-corrected chi connectivity index (χ2v) is 6.33. The highest BCUT2D eigenvalue weighted by Crippen LogP contribution is 2.36.